The van der Waals surface area contributed by atoms with Crippen molar-refractivity contribution < 1.29 is 13.2 Å². The molecule has 0 amide bonds. The third-order valence-electron chi connectivity index (χ3n) is 4.18. The van der Waals surface area contributed by atoms with E-state index in [2.05, 4.69) is 25.6 Å². The van der Waals surface area contributed by atoms with Crippen molar-refractivity contribution in [1.82, 2.24) is 9.62 Å². The fourth-order valence-electron chi connectivity index (χ4n) is 2.73. The number of morpholine rings is 1. The van der Waals surface area contributed by atoms with E-state index in [1.807, 2.05) is 24.3 Å². The van der Waals surface area contributed by atoms with Gasteiger partial charge in [-0.1, -0.05) is 51.8 Å². The molecule has 3 rings (SSSR count). The van der Waals surface area contributed by atoms with Crippen molar-refractivity contribution in [3.05, 3.63) is 63.1 Å². The Bertz CT molecular complexity index is 853. The molecular weight excluding hydrogens is 440 g/mol. The second-order valence-electron chi connectivity index (χ2n) is 6.10. The molecule has 5 nitrogen and oxygen atoms in total. The zero-order valence-corrected chi connectivity index (χ0v) is 17.3. The van der Waals surface area contributed by atoms with Gasteiger partial charge in [0.2, 0.25) is 10.0 Å². The summed E-state index contributed by atoms with van der Waals surface area (Å²) in [5.41, 5.74) is 2.10. The summed E-state index contributed by atoms with van der Waals surface area (Å²) in [6, 6.07) is 12.7. The molecule has 0 saturated carbocycles. The van der Waals surface area contributed by atoms with Gasteiger partial charge in [-0.3, -0.25) is 4.90 Å². The van der Waals surface area contributed by atoms with Gasteiger partial charge >= 0.3 is 0 Å². The summed E-state index contributed by atoms with van der Waals surface area (Å²) in [6.07, 6.45) is 0. The number of hydrogen-bond acceptors (Lipinski definition) is 4. The number of rotatable bonds is 6. The maximum atomic E-state index is 12.4. The average molecular weight is 460 g/mol. The van der Waals surface area contributed by atoms with Crippen LogP contribution in [-0.2, 0) is 27.8 Å². The molecule has 0 aliphatic carbocycles. The number of sulfonamides is 1. The van der Waals surface area contributed by atoms with Crippen LogP contribution in [0.2, 0.25) is 5.02 Å². The van der Waals surface area contributed by atoms with Gasteiger partial charge in [0.05, 0.1) is 18.2 Å². The zero-order valence-electron chi connectivity index (χ0n) is 14.1. The molecule has 1 N–H and O–H groups in total. The highest BCUT2D eigenvalue weighted by Crippen LogP contribution is 2.25. The third kappa shape index (κ3) is 5.28. The Balaban J connectivity index is 1.60. The molecule has 1 fully saturated rings. The number of nitrogens with one attached hydrogen (secondary N) is 1. The van der Waals surface area contributed by atoms with E-state index < -0.39 is 10.0 Å². The molecule has 0 atom stereocenters. The van der Waals surface area contributed by atoms with Gasteiger partial charge in [0.15, 0.2) is 0 Å². The number of benzene rings is 2. The summed E-state index contributed by atoms with van der Waals surface area (Å²) < 4.78 is 33.6. The van der Waals surface area contributed by atoms with Crippen LogP contribution < -0.4 is 4.72 Å². The Morgan fingerprint density at radius 3 is 2.38 bits per heavy atom. The molecule has 1 aliphatic heterocycles. The van der Waals surface area contributed by atoms with Crippen molar-refractivity contribution in [2.24, 2.45) is 0 Å². The van der Waals surface area contributed by atoms with Crippen LogP contribution in [0.4, 0.5) is 0 Å². The maximum Gasteiger partial charge on any atom is 0.242 e. The van der Waals surface area contributed by atoms with Crippen LogP contribution in [0.3, 0.4) is 0 Å². The van der Waals surface area contributed by atoms with Crippen molar-refractivity contribution in [3.63, 3.8) is 0 Å². The van der Waals surface area contributed by atoms with Crippen LogP contribution in [-0.4, -0.2) is 39.6 Å². The summed E-state index contributed by atoms with van der Waals surface area (Å²) in [5.74, 6) is 0. The predicted molar refractivity (Wildman–Crippen MR) is 106 cm³/mol. The van der Waals surface area contributed by atoms with E-state index in [-0.39, 0.29) is 16.5 Å². The lowest BCUT2D eigenvalue weighted by molar-refractivity contribution is 0.0342. The highest BCUT2D eigenvalue weighted by atomic mass is 79.9. The Morgan fingerprint density at radius 2 is 1.73 bits per heavy atom. The average Bonchev–Trinajstić information content (AvgIpc) is 2.62. The van der Waals surface area contributed by atoms with Crippen LogP contribution in [0.1, 0.15) is 11.1 Å². The van der Waals surface area contributed by atoms with E-state index >= 15 is 0 Å². The minimum absolute atomic E-state index is 0.0753. The molecule has 140 valence electrons. The first-order valence-corrected chi connectivity index (χ1v) is 10.9. The quantitative estimate of drug-likeness (QED) is 0.719. The van der Waals surface area contributed by atoms with Crippen molar-refractivity contribution in [2.75, 3.05) is 26.3 Å². The van der Waals surface area contributed by atoms with Crippen molar-refractivity contribution >= 4 is 37.6 Å². The van der Waals surface area contributed by atoms with E-state index in [1.165, 1.54) is 11.6 Å². The normalized spacial score (nSPS) is 15.9. The van der Waals surface area contributed by atoms with Crippen LogP contribution in [0, 0.1) is 0 Å². The molecular formula is C18H20BrClN2O3S. The zero-order chi connectivity index (χ0) is 18.6. The lowest BCUT2D eigenvalue weighted by atomic mass is 10.1. The van der Waals surface area contributed by atoms with Gasteiger partial charge in [0.25, 0.3) is 0 Å². The molecule has 2 aromatic carbocycles. The molecule has 1 heterocycles. The number of ether oxygens (including phenoxy) is 1. The van der Waals surface area contributed by atoms with E-state index in [4.69, 9.17) is 16.3 Å². The van der Waals surface area contributed by atoms with Gasteiger partial charge in [0, 0.05) is 30.7 Å². The van der Waals surface area contributed by atoms with Gasteiger partial charge in [-0.05, 0) is 29.3 Å². The number of halogens is 2. The predicted octanol–water partition coefficient (Wildman–Crippen LogP) is 3.41. The Labute approximate surface area is 167 Å². The maximum absolute atomic E-state index is 12.4. The summed E-state index contributed by atoms with van der Waals surface area (Å²) in [7, 11) is -3.66. The van der Waals surface area contributed by atoms with Gasteiger partial charge < -0.3 is 4.74 Å². The Hall–Kier alpha value is -0.960. The lowest BCUT2D eigenvalue weighted by Gasteiger charge is -2.26. The lowest BCUT2D eigenvalue weighted by Crippen LogP contribution is -2.35. The van der Waals surface area contributed by atoms with Crippen LogP contribution in [0.15, 0.2) is 51.8 Å². The molecule has 2 aromatic rings. The van der Waals surface area contributed by atoms with Gasteiger partial charge in [-0.15, -0.1) is 0 Å². The number of nitrogens with zero attached hydrogens (tertiary/aromatic N) is 1. The molecule has 0 bridgehead atoms. The van der Waals surface area contributed by atoms with E-state index in [1.54, 1.807) is 12.1 Å². The SMILES string of the molecule is O=S(=O)(NCc1ccc(CN2CCOCC2)cc1)c1ccc(Br)cc1Cl. The monoisotopic (exact) mass is 458 g/mol. The standard InChI is InChI=1S/C18H20BrClN2O3S/c19-16-5-6-18(17(20)11-16)26(23,24)21-12-14-1-3-15(4-2-14)13-22-7-9-25-10-8-22/h1-6,11,21H,7-10,12-13H2. The highest BCUT2D eigenvalue weighted by Gasteiger charge is 2.17. The number of hydrogen-bond donors (Lipinski definition) is 1. The highest BCUT2D eigenvalue weighted by molar-refractivity contribution is 9.10. The third-order valence-corrected chi connectivity index (χ3v) is 6.56. The topological polar surface area (TPSA) is 58.6 Å². The second kappa shape index (κ2) is 8.82. The van der Waals surface area contributed by atoms with Crippen LogP contribution in [0.25, 0.3) is 0 Å². The summed E-state index contributed by atoms with van der Waals surface area (Å²) in [5, 5.41) is 0.188. The van der Waals surface area contributed by atoms with Crippen molar-refractivity contribution in [1.29, 1.82) is 0 Å². The van der Waals surface area contributed by atoms with Crippen molar-refractivity contribution in [3.8, 4) is 0 Å². The van der Waals surface area contributed by atoms with Crippen molar-refractivity contribution in [2.45, 2.75) is 18.0 Å². The first-order valence-electron chi connectivity index (χ1n) is 8.27. The largest absolute Gasteiger partial charge is 0.379 e. The summed E-state index contributed by atoms with van der Waals surface area (Å²) in [4.78, 5) is 2.42. The van der Waals surface area contributed by atoms with Gasteiger partial charge in [-0.25, -0.2) is 13.1 Å². The Kier molecular flexibility index (Phi) is 6.71. The molecule has 1 saturated heterocycles. The smallest absolute Gasteiger partial charge is 0.242 e. The van der Waals surface area contributed by atoms with E-state index in [9.17, 15) is 8.42 Å². The first-order chi connectivity index (χ1) is 12.4. The molecule has 0 radical (unpaired) electrons. The minimum Gasteiger partial charge on any atom is -0.379 e. The second-order valence-corrected chi connectivity index (χ2v) is 9.16. The summed E-state index contributed by atoms with van der Waals surface area (Å²) in [6.45, 7) is 4.53. The first kappa shape index (κ1) is 19.8. The molecule has 0 spiro atoms. The fraction of sp³-hybridized carbons (Fsp3) is 0.333. The van der Waals surface area contributed by atoms with Gasteiger partial charge in [-0.2, -0.15) is 0 Å². The summed E-state index contributed by atoms with van der Waals surface area (Å²) >= 11 is 9.32. The Morgan fingerprint density at radius 1 is 1.08 bits per heavy atom. The van der Waals surface area contributed by atoms with E-state index in [0.29, 0.717) is 0 Å². The molecule has 26 heavy (non-hydrogen) atoms. The van der Waals surface area contributed by atoms with E-state index in [0.717, 1.165) is 42.9 Å². The fourth-order valence-corrected chi connectivity index (χ4v) is 4.78. The molecule has 0 aromatic heterocycles. The minimum atomic E-state index is -3.66. The van der Waals surface area contributed by atoms with Crippen LogP contribution in [0.5, 0.6) is 0 Å². The molecule has 8 heteroatoms. The molecule has 0 unspecified atom stereocenters. The molecule has 1 aliphatic rings. The van der Waals surface area contributed by atoms with Crippen LogP contribution >= 0.6 is 27.5 Å². The van der Waals surface area contributed by atoms with Gasteiger partial charge in [0.1, 0.15) is 4.90 Å².